The van der Waals surface area contributed by atoms with E-state index in [4.69, 9.17) is 13.7 Å². The molecule has 0 aliphatic carbocycles. The Bertz CT molecular complexity index is 1200. The predicted octanol–water partition coefficient (Wildman–Crippen LogP) is 3.15. The quantitative estimate of drug-likeness (QED) is 0.379. The number of phenols is 1. The summed E-state index contributed by atoms with van der Waals surface area (Å²) in [6, 6.07) is 5.71. The molecule has 3 N–H and O–H groups in total. The molecular weight excluding hydrogens is 442 g/mol. The number of benzene rings is 1. The van der Waals surface area contributed by atoms with Gasteiger partial charge in [-0.15, -0.1) is 0 Å². The van der Waals surface area contributed by atoms with Crippen molar-refractivity contribution < 1.29 is 28.7 Å². The molecule has 1 atom stereocenters. The zero-order valence-corrected chi connectivity index (χ0v) is 19.6. The van der Waals surface area contributed by atoms with Crippen LogP contribution in [0, 0.1) is 6.92 Å². The van der Waals surface area contributed by atoms with Gasteiger partial charge < -0.3 is 29.2 Å². The monoisotopic (exact) mass is 471 g/mol. The Labute approximate surface area is 196 Å². The van der Waals surface area contributed by atoms with E-state index in [2.05, 4.69) is 15.5 Å². The number of ether oxygens (including phenoxy) is 1. The zero-order chi connectivity index (χ0) is 24.8. The minimum absolute atomic E-state index is 0.0278. The average Bonchev–Trinajstić information content (AvgIpc) is 3.27. The number of carbonyl (C=O) groups excluding carboxylic acids is 1. The van der Waals surface area contributed by atoms with Crippen LogP contribution in [0.1, 0.15) is 67.3 Å². The summed E-state index contributed by atoms with van der Waals surface area (Å²) in [7, 11) is 1.40. The highest BCUT2D eigenvalue weighted by atomic mass is 16.5. The van der Waals surface area contributed by atoms with E-state index < -0.39 is 17.1 Å². The first-order valence-electron chi connectivity index (χ1n) is 11.0. The number of nitrogens with zero attached hydrogens (tertiary/aromatic N) is 2. The number of amides is 1. The molecule has 0 radical (unpaired) electrons. The molecule has 0 unspecified atom stereocenters. The van der Waals surface area contributed by atoms with Gasteiger partial charge >= 0.3 is 0 Å². The first-order chi connectivity index (χ1) is 16.2. The summed E-state index contributed by atoms with van der Waals surface area (Å²) < 4.78 is 16.0. The number of aromatic hydroxyl groups is 2. The summed E-state index contributed by atoms with van der Waals surface area (Å²) in [4.78, 5) is 29.2. The Morgan fingerprint density at radius 2 is 2.00 bits per heavy atom. The SMILES string of the molecule is COc1cc([C@@H](CC(=O)NCCCc2nc(C(C)C)no2)c2oc(C)cc(=O)c2O)ccc1O. The fourth-order valence-corrected chi connectivity index (χ4v) is 3.46. The van der Waals surface area contributed by atoms with Gasteiger partial charge in [-0.3, -0.25) is 9.59 Å². The van der Waals surface area contributed by atoms with Crippen LogP contribution in [0.5, 0.6) is 17.2 Å². The lowest BCUT2D eigenvalue weighted by Gasteiger charge is -2.19. The minimum atomic E-state index is -0.786. The topological polar surface area (TPSA) is 148 Å². The van der Waals surface area contributed by atoms with Gasteiger partial charge in [0.1, 0.15) is 5.76 Å². The van der Waals surface area contributed by atoms with Gasteiger partial charge in [0.15, 0.2) is 23.1 Å². The van der Waals surface area contributed by atoms with Crippen LogP contribution in [-0.2, 0) is 11.2 Å². The molecule has 34 heavy (non-hydrogen) atoms. The van der Waals surface area contributed by atoms with Crippen LogP contribution in [0.3, 0.4) is 0 Å². The molecule has 3 aromatic rings. The van der Waals surface area contributed by atoms with Gasteiger partial charge in [-0.05, 0) is 31.0 Å². The van der Waals surface area contributed by atoms with E-state index in [9.17, 15) is 19.8 Å². The van der Waals surface area contributed by atoms with E-state index in [0.29, 0.717) is 42.4 Å². The van der Waals surface area contributed by atoms with Crippen LogP contribution in [0.2, 0.25) is 0 Å². The third kappa shape index (κ3) is 5.94. The van der Waals surface area contributed by atoms with Crippen molar-refractivity contribution >= 4 is 5.91 Å². The van der Waals surface area contributed by atoms with Crippen molar-refractivity contribution in [3.05, 3.63) is 63.3 Å². The smallest absolute Gasteiger partial charge is 0.227 e. The molecule has 10 nitrogen and oxygen atoms in total. The number of hydrogen-bond acceptors (Lipinski definition) is 9. The van der Waals surface area contributed by atoms with E-state index in [1.54, 1.807) is 13.0 Å². The number of aryl methyl sites for hydroxylation is 2. The van der Waals surface area contributed by atoms with Crippen molar-refractivity contribution in [2.75, 3.05) is 13.7 Å². The zero-order valence-electron chi connectivity index (χ0n) is 19.6. The molecule has 0 saturated carbocycles. The largest absolute Gasteiger partial charge is 0.504 e. The summed E-state index contributed by atoms with van der Waals surface area (Å²) in [6.07, 6.45) is 1.01. The Kier molecular flexibility index (Phi) is 7.93. The standard InChI is InChI=1S/C24H29N3O7/c1-13(2)24-26-21(34-27-24)6-5-9-25-20(30)12-16(15-7-8-17(28)19(11-15)32-4)23-22(31)18(29)10-14(3)33-23/h7-8,10-11,13,16,28,31H,5-6,9,12H2,1-4H3,(H,25,30)/t16-/m1/s1. The number of hydrogen-bond donors (Lipinski definition) is 3. The summed E-state index contributed by atoms with van der Waals surface area (Å²) >= 11 is 0. The molecule has 0 aliphatic heterocycles. The Morgan fingerprint density at radius 1 is 1.24 bits per heavy atom. The van der Waals surface area contributed by atoms with E-state index in [1.807, 2.05) is 13.8 Å². The molecule has 0 spiro atoms. The highest BCUT2D eigenvalue weighted by Gasteiger charge is 2.26. The maximum atomic E-state index is 12.8. The second kappa shape index (κ2) is 10.9. The summed E-state index contributed by atoms with van der Waals surface area (Å²) in [6.45, 7) is 5.90. The van der Waals surface area contributed by atoms with Gasteiger partial charge in [0.2, 0.25) is 23.0 Å². The van der Waals surface area contributed by atoms with Crippen molar-refractivity contribution in [2.24, 2.45) is 0 Å². The van der Waals surface area contributed by atoms with Crippen LogP contribution in [-0.4, -0.2) is 39.9 Å². The van der Waals surface area contributed by atoms with Crippen molar-refractivity contribution in [3.8, 4) is 17.2 Å². The van der Waals surface area contributed by atoms with Crippen molar-refractivity contribution in [3.63, 3.8) is 0 Å². The van der Waals surface area contributed by atoms with Gasteiger partial charge in [0, 0.05) is 31.4 Å². The predicted molar refractivity (Wildman–Crippen MR) is 122 cm³/mol. The first kappa shape index (κ1) is 24.8. The fraction of sp³-hybridized carbons (Fsp3) is 0.417. The minimum Gasteiger partial charge on any atom is -0.504 e. The highest BCUT2D eigenvalue weighted by Crippen LogP contribution is 2.37. The van der Waals surface area contributed by atoms with Crippen molar-refractivity contribution in [1.82, 2.24) is 15.5 Å². The maximum Gasteiger partial charge on any atom is 0.227 e. The molecule has 0 saturated heterocycles. The number of rotatable bonds is 10. The van der Waals surface area contributed by atoms with E-state index >= 15 is 0 Å². The molecule has 2 heterocycles. The van der Waals surface area contributed by atoms with Crippen LogP contribution in [0.15, 0.2) is 38.0 Å². The highest BCUT2D eigenvalue weighted by molar-refractivity contribution is 5.77. The molecule has 2 aromatic heterocycles. The Balaban J connectivity index is 1.73. The third-order valence-corrected chi connectivity index (χ3v) is 5.27. The van der Waals surface area contributed by atoms with Crippen LogP contribution >= 0.6 is 0 Å². The maximum absolute atomic E-state index is 12.8. The molecule has 1 aromatic carbocycles. The van der Waals surface area contributed by atoms with Crippen LogP contribution < -0.4 is 15.5 Å². The van der Waals surface area contributed by atoms with E-state index in [0.717, 1.165) is 0 Å². The van der Waals surface area contributed by atoms with E-state index in [1.165, 1.54) is 25.3 Å². The third-order valence-electron chi connectivity index (χ3n) is 5.27. The molecule has 10 heteroatoms. The summed E-state index contributed by atoms with van der Waals surface area (Å²) in [5, 5.41) is 27.1. The Hall–Kier alpha value is -3.82. The van der Waals surface area contributed by atoms with Gasteiger partial charge in [0.25, 0.3) is 0 Å². The lowest BCUT2D eigenvalue weighted by molar-refractivity contribution is -0.121. The Morgan fingerprint density at radius 3 is 2.68 bits per heavy atom. The molecular formula is C24H29N3O7. The van der Waals surface area contributed by atoms with Crippen LogP contribution in [0.4, 0.5) is 0 Å². The second-order valence-electron chi connectivity index (χ2n) is 8.28. The normalized spacial score (nSPS) is 12.0. The molecule has 0 fully saturated rings. The van der Waals surface area contributed by atoms with Crippen LogP contribution in [0.25, 0.3) is 0 Å². The molecule has 3 rings (SSSR count). The second-order valence-corrected chi connectivity index (χ2v) is 8.28. The van der Waals surface area contributed by atoms with Gasteiger partial charge in [-0.1, -0.05) is 25.1 Å². The van der Waals surface area contributed by atoms with Gasteiger partial charge in [0.05, 0.1) is 13.0 Å². The molecule has 182 valence electrons. The number of aromatic nitrogens is 2. The number of methoxy groups -OCH3 is 1. The lowest BCUT2D eigenvalue weighted by atomic mass is 9.91. The number of nitrogens with one attached hydrogen (secondary N) is 1. The molecule has 0 aliphatic rings. The van der Waals surface area contributed by atoms with Gasteiger partial charge in [-0.25, -0.2) is 0 Å². The summed E-state index contributed by atoms with van der Waals surface area (Å²) in [5.74, 6) is 0.0568. The fourth-order valence-electron chi connectivity index (χ4n) is 3.46. The average molecular weight is 472 g/mol. The first-order valence-corrected chi connectivity index (χ1v) is 11.0. The van der Waals surface area contributed by atoms with E-state index in [-0.39, 0.29) is 35.5 Å². The molecule has 0 bridgehead atoms. The lowest BCUT2D eigenvalue weighted by Crippen LogP contribution is -2.27. The number of carbonyl (C=O) groups is 1. The van der Waals surface area contributed by atoms with Gasteiger partial charge in [-0.2, -0.15) is 4.98 Å². The summed E-state index contributed by atoms with van der Waals surface area (Å²) in [5.41, 5.74) is -0.0730. The van der Waals surface area contributed by atoms with Crippen molar-refractivity contribution in [2.45, 2.75) is 51.9 Å². The van der Waals surface area contributed by atoms with Crippen molar-refractivity contribution in [1.29, 1.82) is 0 Å². The molecule has 1 amide bonds. The number of phenolic OH excluding ortho intramolecular Hbond substituents is 1.